The molecule has 19 heavy (non-hydrogen) atoms. The third kappa shape index (κ3) is 2.08. The van der Waals surface area contributed by atoms with E-state index in [0.29, 0.717) is 0 Å². The van der Waals surface area contributed by atoms with Crippen LogP contribution in [-0.2, 0) is 6.42 Å². The van der Waals surface area contributed by atoms with E-state index in [2.05, 4.69) is 44.0 Å². The molecule has 3 aromatic heterocycles. The zero-order valence-corrected chi connectivity index (χ0v) is 11.9. The summed E-state index contributed by atoms with van der Waals surface area (Å²) in [5.41, 5.74) is 7.93. The molecule has 0 spiro atoms. The molecule has 3 heterocycles. The fourth-order valence-electron chi connectivity index (χ4n) is 2.13. The first kappa shape index (κ1) is 12.1. The fraction of sp³-hybridized carbons (Fsp3) is 0.154. The van der Waals surface area contributed by atoms with Gasteiger partial charge in [-0.15, -0.1) is 0 Å². The van der Waals surface area contributed by atoms with E-state index in [4.69, 9.17) is 5.73 Å². The molecule has 0 saturated heterocycles. The number of anilines is 1. The molecule has 0 aromatic carbocycles. The van der Waals surface area contributed by atoms with Crippen LogP contribution in [0.25, 0.3) is 16.7 Å². The van der Waals surface area contributed by atoms with Gasteiger partial charge in [0.15, 0.2) is 0 Å². The van der Waals surface area contributed by atoms with E-state index >= 15 is 0 Å². The Morgan fingerprint density at radius 1 is 1.37 bits per heavy atom. The lowest BCUT2D eigenvalue weighted by Gasteiger charge is -2.04. The van der Waals surface area contributed by atoms with Gasteiger partial charge < -0.3 is 10.3 Å². The van der Waals surface area contributed by atoms with Gasteiger partial charge in [0, 0.05) is 24.0 Å². The zero-order valence-electron chi connectivity index (χ0n) is 10.3. The normalized spacial score (nSPS) is 11.1. The largest absolute Gasteiger partial charge is 0.368 e. The molecule has 3 aromatic rings. The van der Waals surface area contributed by atoms with Crippen molar-refractivity contribution in [1.29, 1.82) is 0 Å². The third-order valence-electron chi connectivity index (χ3n) is 3.03. The highest BCUT2D eigenvalue weighted by molar-refractivity contribution is 9.10. The molecule has 0 amide bonds. The van der Waals surface area contributed by atoms with Crippen molar-refractivity contribution < 1.29 is 0 Å². The number of rotatable bonds is 2. The van der Waals surface area contributed by atoms with Gasteiger partial charge in [0.25, 0.3) is 0 Å². The lowest BCUT2D eigenvalue weighted by atomic mass is 10.2. The smallest absolute Gasteiger partial charge is 0.221 e. The minimum absolute atomic E-state index is 0.269. The predicted octanol–water partition coefficient (Wildman–Crippen LogP) is 2.72. The van der Waals surface area contributed by atoms with Crippen molar-refractivity contribution in [2.45, 2.75) is 13.3 Å². The second-order valence-electron chi connectivity index (χ2n) is 4.18. The number of aryl methyl sites for hydroxylation is 1. The molecule has 0 aliphatic rings. The predicted molar refractivity (Wildman–Crippen MR) is 78.2 cm³/mol. The van der Waals surface area contributed by atoms with Gasteiger partial charge in [0.1, 0.15) is 10.4 Å². The first-order valence-electron chi connectivity index (χ1n) is 5.93. The van der Waals surface area contributed by atoms with Gasteiger partial charge in [-0.25, -0.2) is 9.97 Å². The molecule has 6 heteroatoms. The Morgan fingerprint density at radius 3 is 2.95 bits per heavy atom. The van der Waals surface area contributed by atoms with E-state index in [1.807, 2.05) is 22.9 Å². The van der Waals surface area contributed by atoms with Gasteiger partial charge in [-0.2, -0.15) is 4.98 Å². The Morgan fingerprint density at radius 2 is 2.21 bits per heavy atom. The van der Waals surface area contributed by atoms with Crippen LogP contribution in [0.15, 0.2) is 35.3 Å². The van der Waals surface area contributed by atoms with Gasteiger partial charge in [-0.3, -0.25) is 0 Å². The number of halogens is 1. The molecule has 0 aliphatic carbocycles. The van der Waals surface area contributed by atoms with Crippen LogP contribution in [0.1, 0.15) is 12.5 Å². The number of nitrogens with two attached hydrogens (primary N) is 1. The van der Waals surface area contributed by atoms with Crippen molar-refractivity contribution in [2.75, 3.05) is 5.73 Å². The van der Waals surface area contributed by atoms with Gasteiger partial charge >= 0.3 is 0 Å². The van der Waals surface area contributed by atoms with E-state index < -0.39 is 0 Å². The Hall–Kier alpha value is -1.95. The average molecular weight is 318 g/mol. The molecule has 0 atom stereocenters. The number of hydrogen-bond donors (Lipinski definition) is 1. The molecule has 0 aliphatic heterocycles. The number of fused-ring (bicyclic) bond motifs is 1. The summed E-state index contributed by atoms with van der Waals surface area (Å²) in [6, 6.07) is 3.82. The minimum Gasteiger partial charge on any atom is -0.368 e. The van der Waals surface area contributed by atoms with E-state index in [1.54, 1.807) is 6.20 Å². The lowest BCUT2D eigenvalue weighted by Crippen LogP contribution is -2.01. The van der Waals surface area contributed by atoms with Crippen LogP contribution in [-0.4, -0.2) is 19.5 Å². The molecule has 0 unspecified atom stereocenters. The molecule has 3 rings (SSSR count). The number of hydrogen-bond acceptors (Lipinski definition) is 4. The summed E-state index contributed by atoms with van der Waals surface area (Å²) in [4.78, 5) is 12.5. The maximum absolute atomic E-state index is 5.65. The molecule has 96 valence electrons. The second kappa shape index (κ2) is 4.62. The molecule has 5 nitrogen and oxygen atoms in total. The number of aromatic nitrogens is 4. The number of nitrogens with zero attached hydrogens (tertiary/aromatic N) is 4. The average Bonchev–Trinajstić information content (AvgIpc) is 2.76. The highest BCUT2D eigenvalue weighted by atomic mass is 79.9. The molecular weight excluding hydrogens is 306 g/mol. The Kier molecular flexibility index (Phi) is 2.94. The van der Waals surface area contributed by atoms with Crippen molar-refractivity contribution in [3.05, 3.63) is 40.9 Å². The zero-order chi connectivity index (χ0) is 13.4. The van der Waals surface area contributed by atoms with Crippen LogP contribution in [0, 0.1) is 0 Å². The maximum Gasteiger partial charge on any atom is 0.221 e. The van der Waals surface area contributed by atoms with Gasteiger partial charge in [-0.1, -0.05) is 6.92 Å². The van der Waals surface area contributed by atoms with Crippen LogP contribution in [0.2, 0.25) is 0 Å². The van der Waals surface area contributed by atoms with Gasteiger partial charge in [0.2, 0.25) is 5.95 Å². The van der Waals surface area contributed by atoms with Crippen molar-refractivity contribution in [3.63, 3.8) is 0 Å². The fourth-order valence-corrected chi connectivity index (χ4v) is 2.45. The van der Waals surface area contributed by atoms with Crippen molar-refractivity contribution in [3.8, 4) is 5.82 Å². The molecule has 0 fully saturated rings. The summed E-state index contributed by atoms with van der Waals surface area (Å²) in [5, 5.41) is 1.13. The van der Waals surface area contributed by atoms with Crippen molar-refractivity contribution >= 4 is 32.8 Å². The number of nitrogen functional groups attached to an aromatic ring is 1. The summed E-state index contributed by atoms with van der Waals surface area (Å²) in [7, 11) is 0. The van der Waals surface area contributed by atoms with Gasteiger partial charge in [-0.05, 0) is 40.0 Å². The topological polar surface area (TPSA) is 69.6 Å². The van der Waals surface area contributed by atoms with E-state index in [1.165, 1.54) is 5.56 Å². The van der Waals surface area contributed by atoms with Crippen LogP contribution in [0.4, 0.5) is 5.95 Å². The van der Waals surface area contributed by atoms with E-state index in [0.717, 1.165) is 27.7 Å². The molecular formula is C13H12BrN5. The molecule has 0 radical (unpaired) electrons. The highest BCUT2D eigenvalue weighted by Gasteiger charge is 2.10. The Balaban J connectivity index is 2.31. The van der Waals surface area contributed by atoms with Crippen LogP contribution in [0.5, 0.6) is 0 Å². The third-order valence-corrected chi connectivity index (χ3v) is 3.46. The minimum atomic E-state index is 0.269. The van der Waals surface area contributed by atoms with Crippen molar-refractivity contribution in [1.82, 2.24) is 19.5 Å². The van der Waals surface area contributed by atoms with Crippen LogP contribution in [0.3, 0.4) is 0 Å². The summed E-state index contributed by atoms with van der Waals surface area (Å²) in [6.07, 6.45) is 6.54. The molecule has 0 saturated carbocycles. The standard InChI is InChI=1S/C13H12BrN5/c1-2-8-7-19(12-3-4-16-13(15)18-12)10-5-11(14)17-6-9(8)10/h3-7H,2H2,1H3,(H2,15,16,18). The molecule has 2 N–H and O–H groups in total. The maximum atomic E-state index is 5.65. The highest BCUT2D eigenvalue weighted by Crippen LogP contribution is 2.26. The van der Waals surface area contributed by atoms with Crippen LogP contribution < -0.4 is 5.73 Å². The van der Waals surface area contributed by atoms with E-state index in [-0.39, 0.29) is 5.95 Å². The summed E-state index contributed by atoms with van der Waals surface area (Å²) in [6.45, 7) is 2.12. The quantitative estimate of drug-likeness (QED) is 0.738. The first-order chi connectivity index (χ1) is 9.19. The van der Waals surface area contributed by atoms with Gasteiger partial charge in [0.05, 0.1) is 5.52 Å². The summed E-state index contributed by atoms with van der Waals surface area (Å²) >= 11 is 3.40. The SMILES string of the molecule is CCc1cn(-c2ccnc(N)n2)c2cc(Br)ncc12. The monoisotopic (exact) mass is 317 g/mol. The Labute approximate surface area is 118 Å². The van der Waals surface area contributed by atoms with Crippen LogP contribution >= 0.6 is 15.9 Å². The van der Waals surface area contributed by atoms with E-state index in [9.17, 15) is 0 Å². The lowest BCUT2D eigenvalue weighted by molar-refractivity contribution is 1.01. The Bertz CT molecular complexity index is 750. The number of pyridine rings is 1. The molecule has 0 bridgehead atoms. The van der Waals surface area contributed by atoms with Crippen molar-refractivity contribution in [2.24, 2.45) is 0 Å². The summed E-state index contributed by atoms with van der Waals surface area (Å²) < 4.78 is 2.81. The first-order valence-corrected chi connectivity index (χ1v) is 6.72. The second-order valence-corrected chi connectivity index (χ2v) is 4.99. The summed E-state index contributed by atoms with van der Waals surface area (Å²) in [5.74, 6) is 1.03.